The molecule has 0 saturated heterocycles. The number of rotatable bonds is 8. The van der Waals surface area contributed by atoms with Crippen molar-refractivity contribution in [2.75, 3.05) is 20.3 Å². The van der Waals surface area contributed by atoms with Gasteiger partial charge in [-0.2, -0.15) is 0 Å². The quantitative estimate of drug-likeness (QED) is 0.166. The Morgan fingerprint density at radius 2 is 1.90 bits per heavy atom. The first-order valence-electron chi connectivity index (χ1n) is 12.2. The molecule has 11 heteroatoms. The topological polar surface area (TPSA) is 109 Å². The Labute approximate surface area is 240 Å². The number of nitrogens with zero attached hydrogens (tertiary/aromatic N) is 2. The Balaban J connectivity index is 1.57. The van der Waals surface area contributed by atoms with Crippen molar-refractivity contribution < 1.29 is 28.2 Å². The Morgan fingerprint density at radius 3 is 2.60 bits per heavy atom. The van der Waals surface area contributed by atoms with Crippen LogP contribution in [0.1, 0.15) is 34.6 Å². The van der Waals surface area contributed by atoms with Crippen molar-refractivity contribution in [1.82, 2.24) is 4.57 Å². The lowest BCUT2D eigenvalue weighted by molar-refractivity contribution is -0.140. The lowest BCUT2D eigenvalue weighted by Crippen LogP contribution is -2.40. The second-order valence-electron chi connectivity index (χ2n) is 8.70. The van der Waals surface area contributed by atoms with Crippen LogP contribution in [0, 0.1) is 0 Å². The molecule has 0 fully saturated rings. The van der Waals surface area contributed by atoms with E-state index in [-0.39, 0.29) is 35.9 Å². The molecule has 1 aliphatic rings. The van der Waals surface area contributed by atoms with Gasteiger partial charge in [-0.25, -0.2) is 14.6 Å². The van der Waals surface area contributed by atoms with Crippen molar-refractivity contribution in [3.05, 3.63) is 119 Å². The summed E-state index contributed by atoms with van der Waals surface area (Å²) in [5, 5.41) is 0. The molecule has 0 bridgehead atoms. The molecule has 0 amide bonds. The summed E-state index contributed by atoms with van der Waals surface area (Å²) < 4.78 is 23.8. The minimum atomic E-state index is -0.814. The van der Waals surface area contributed by atoms with E-state index in [1.54, 1.807) is 43.3 Å². The summed E-state index contributed by atoms with van der Waals surface area (Å²) in [5.74, 6) is -0.896. The number of thiazole rings is 1. The third kappa shape index (κ3) is 5.76. The average Bonchev–Trinajstić information content (AvgIpc) is 3.57. The first kappa shape index (κ1) is 27.5. The summed E-state index contributed by atoms with van der Waals surface area (Å²) in [6.45, 7) is 1.99. The van der Waals surface area contributed by atoms with Gasteiger partial charge in [0.2, 0.25) is 5.76 Å². The number of methoxy groups -OCH3 is 1. The van der Waals surface area contributed by atoms with Crippen LogP contribution in [0.3, 0.4) is 0 Å². The van der Waals surface area contributed by atoms with Crippen LogP contribution in [0.4, 0.5) is 0 Å². The third-order valence-electron chi connectivity index (χ3n) is 6.04. The molecule has 0 aliphatic carbocycles. The normalized spacial score (nSPS) is 15.0. The van der Waals surface area contributed by atoms with E-state index >= 15 is 0 Å². The predicted molar refractivity (Wildman–Crippen MR) is 151 cm³/mol. The van der Waals surface area contributed by atoms with Crippen LogP contribution >= 0.6 is 27.3 Å². The fourth-order valence-electron chi connectivity index (χ4n) is 4.21. The molecule has 1 aliphatic heterocycles. The van der Waals surface area contributed by atoms with Crippen molar-refractivity contribution in [2.45, 2.75) is 13.0 Å². The molecular formula is C29H23BrN2O7S. The highest BCUT2D eigenvalue weighted by Crippen LogP contribution is 2.32. The predicted octanol–water partition coefficient (Wildman–Crippen LogP) is 4.00. The number of aromatic nitrogens is 1. The smallest absolute Gasteiger partial charge is 0.379 e. The van der Waals surface area contributed by atoms with Gasteiger partial charge in [-0.15, -0.1) is 0 Å². The van der Waals surface area contributed by atoms with Gasteiger partial charge in [0.15, 0.2) is 4.80 Å². The van der Waals surface area contributed by atoms with E-state index in [4.69, 9.17) is 18.6 Å². The molecule has 3 heterocycles. The van der Waals surface area contributed by atoms with Crippen LogP contribution in [-0.2, 0) is 14.3 Å². The number of ether oxygens (including phenoxy) is 3. The highest BCUT2D eigenvalue weighted by atomic mass is 79.9. The van der Waals surface area contributed by atoms with Crippen molar-refractivity contribution in [1.29, 1.82) is 0 Å². The Hall–Kier alpha value is -4.06. The fourth-order valence-corrected chi connectivity index (χ4v) is 5.68. The number of carbonyl (C=O) groups excluding carboxylic acids is 2. The zero-order valence-corrected chi connectivity index (χ0v) is 23.9. The molecule has 0 radical (unpaired) electrons. The van der Waals surface area contributed by atoms with Crippen LogP contribution in [0.2, 0.25) is 0 Å². The van der Waals surface area contributed by atoms with Gasteiger partial charge in [-0.05, 0) is 60.5 Å². The van der Waals surface area contributed by atoms with Crippen LogP contribution in [0.15, 0.2) is 96.9 Å². The van der Waals surface area contributed by atoms with Crippen LogP contribution in [0.25, 0.3) is 6.08 Å². The lowest BCUT2D eigenvalue weighted by atomic mass is 9.96. The highest BCUT2D eigenvalue weighted by molar-refractivity contribution is 9.10. The number of halogens is 1. The number of hydrogen-bond donors (Lipinski definition) is 0. The van der Waals surface area contributed by atoms with E-state index in [1.165, 1.54) is 35.3 Å². The van der Waals surface area contributed by atoms with Crippen molar-refractivity contribution in [2.24, 2.45) is 4.99 Å². The van der Waals surface area contributed by atoms with E-state index in [2.05, 4.69) is 20.9 Å². The zero-order chi connectivity index (χ0) is 28.2. The number of esters is 2. The van der Waals surface area contributed by atoms with E-state index in [0.29, 0.717) is 20.6 Å². The average molecular weight is 623 g/mol. The molecule has 0 spiro atoms. The molecule has 0 N–H and O–H groups in total. The van der Waals surface area contributed by atoms with Crippen LogP contribution in [-0.4, -0.2) is 36.8 Å². The number of allylic oxidation sites excluding steroid dienone is 1. The molecule has 40 heavy (non-hydrogen) atoms. The number of hydrogen-bond acceptors (Lipinski definition) is 9. The largest absolute Gasteiger partial charge is 0.460 e. The molecule has 2 aromatic carbocycles. The summed E-state index contributed by atoms with van der Waals surface area (Å²) in [6, 6.07) is 16.4. The zero-order valence-electron chi connectivity index (χ0n) is 21.5. The summed E-state index contributed by atoms with van der Waals surface area (Å²) in [6.07, 6.45) is 3.17. The van der Waals surface area contributed by atoms with Gasteiger partial charge in [0, 0.05) is 11.6 Å². The fraction of sp³-hybridized carbons (Fsp3) is 0.172. The Kier molecular flexibility index (Phi) is 8.24. The SMILES string of the molecule is COCCOC(=O)C1=C(C)N=c2s/c(=C/c3cccc(Br)c3)c(=O)n2[C@@H]1c1ccc(OC(=O)c2ccco2)cc1. The molecule has 0 unspecified atom stereocenters. The standard InChI is InChI=1S/C29H23BrN2O7S/c1-17-24(28(35)38-14-13-36-2)25(19-8-10-21(11-9-19)39-27(34)22-7-4-12-37-22)32-26(33)23(40-29(32)31-17)16-18-5-3-6-20(30)15-18/h3-12,15-16,25H,13-14H2,1-2H3/b23-16+/t25-/m1/s1. The highest BCUT2D eigenvalue weighted by Gasteiger charge is 2.33. The van der Waals surface area contributed by atoms with Crippen LogP contribution < -0.4 is 19.6 Å². The number of carbonyl (C=O) groups is 2. The third-order valence-corrected chi connectivity index (χ3v) is 7.51. The second kappa shape index (κ2) is 12.0. The first-order valence-corrected chi connectivity index (χ1v) is 13.8. The summed E-state index contributed by atoms with van der Waals surface area (Å²) in [5.41, 5.74) is 1.83. The van der Waals surface area contributed by atoms with E-state index in [9.17, 15) is 14.4 Å². The maximum absolute atomic E-state index is 13.8. The number of furan rings is 1. The Bertz CT molecular complexity index is 1770. The molecule has 4 aromatic rings. The van der Waals surface area contributed by atoms with Gasteiger partial charge in [0.1, 0.15) is 12.4 Å². The summed E-state index contributed by atoms with van der Waals surface area (Å²) in [7, 11) is 1.51. The van der Waals surface area contributed by atoms with Crippen molar-refractivity contribution in [3.8, 4) is 5.75 Å². The van der Waals surface area contributed by atoms with Crippen molar-refractivity contribution >= 4 is 45.3 Å². The Morgan fingerprint density at radius 1 is 1.10 bits per heavy atom. The minimum Gasteiger partial charge on any atom is -0.460 e. The summed E-state index contributed by atoms with van der Waals surface area (Å²) >= 11 is 4.70. The van der Waals surface area contributed by atoms with Gasteiger partial charge in [0.05, 0.1) is 34.7 Å². The van der Waals surface area contributed by atoms with E-state index < -0.39 is 18.0 Å². The first-order chi connectivity index (χ1) is 19.4. The second-order valence-corrected chi connectivity index (χ2v) is 10.6. The molecule has 2 aromatic heterocycles. The monoisotopic (exact) mass is 622 g/mol. The number of fused-ring (bicyclic) bond motifs is 1. The van der Waals surface area contributed by atoms with E-state index in [0.717, 1.165) is 10.0 Å². The van der Waals surface area contributed by atoms with E-state index in [1.807, 2.05) is 24.3 Å². The molecule has 0 saturated carbocycles. The maximum Gasteiger partial charge on any atom is 0.379 e. The van der Waals surface area contributed by atoms with Gasteiger partial charge in [0.25, 0.3) is 5.56 Å². The number of benzene rings is 2. The lowest BCUT2D eigenvalue weighted by Gasteiger charge is -2.25. The molecule has 9 nitrogen and oxygen atoms in total. The molecule has 1 atom stereocenters. The van der Waals surface area contributed by atoms with Gasteiger partial charge >= 0.3 is 11.9 Å². The minimum absolute atomic E-state index is 0.0494. The van der Waals surface area contributed by atoms with Gasteiger partial charge in [-0.3, -0.25) is 9.36 Å². The maximum atomic E-state index is 13.8. The van der Waals surface area contributed by atoms with Gasteiger partial charge < -0.3 is 18.6 Å². The van der Waals surface area contributed by atoms with Gasteiger partial charge in [-0.1, -0.05) is 51.5 Å². The molecule has 204 valence electrons. The molecule has 5 rings (SSSR count). The molecular weight excluding hydrogens is 600 g/mol. The summed E-state index contributed by atoms with van der Waals surface area (Å²) in [4.78, 5) is 44.4. The van der Waals surface area contributed by atoms with Crippen molar-refractivity contribution in [3.63, 3.8) is 0 Å². The van der Waals surface area contributed by atoms with Crippen LogP contribution in [0.5, 0.6) is 5.75 Å².